The third kappa shape index (κ3) is 2.94. The Balaban J connectivity index is 2.05. The Kier molecular flexibility index (Phi) is 3.69. The van der Waals surface area contributed by atoms with E-state index in [1.165, 1.54) is 12.8 Å². The van der Waals surface area contributed by atoms with Gasteiger partial charge in [0.15, 0.2) is 5.75 Å². The number of para-hydroxylation sites is 1. The average Bonchev–Trinajstić information content (AvgIpc) is 3.27. The molecule has 3 rings (SSSR count). The molecule has 21 heavy (non-hydrogen) atoms. The van der Waals surface area contributed by atoms with Crippen molar-refractivity contribution in [1.29, 1.82) is 0 Å². The van der Waals surface area contributed by atoms with E-state index in [-0.39, 0.29) is 11.6 Å². The Morgan fingerprint density at radius 2 is 1.95 bits per heavy atom. The number of rotatable bonds is 5. The summed E-state index contributed by atoms with van der Waals surface area (Å²) in [5.74, 6) is 0.340. The van der Waals surface area contributed by atoms with Crippen molar-refractivity contribution in [3.8, 4) is 11.6 Å². The Hall–Kier alpha value is -2.23. The van der Waals surface area contributed by atoms with E-state index in [0.29, 0.717) is 18.2 Å². The number of nitrogens with zero attached hydrogens (tertiary/aromatic N) is 2. The van der Waals surface area contributed by atoms with Crippen molar-refractivity contribution in [1.82, 2.24) is 4.98 Å². The molecule has 1 heterocycles. The topological polar surface area (TPSA) is 56.6 Å². The van der Waals surface area contributed by atoms with Gasteiger partial charge in [-0.15, -0.1) is 0 Å². The second-order valence-corrected chi connectivity index (χ2v) is 5.43. The molecule has 1 aliphatic rings. The Morgan fingerprint density at radius 3 is 2.57 bits per heavy atom. The van der Waals surface area contributed by atoms with Crippen LogP contribution in [0.1, 0.15) is 25.5 Å². The Bertz CT molecular complexity index is 624. The smallest absolute Gasteiger partial charge is 0.223 e. The maximum Gasteiger partial charge on any atom is 0.223 e. The van der Waals surface area contributed by atoms with Crippen LogP contribution in [0.4, 0.5) is 11.4 Å². The summed E-state index contributed by atoms with van der Waals surface area (Å²) in [4.78, 5) is 6.22. The molecule has 2 aromatic rings. The van der Waals surface area contributed by atoms with Gasteiger partial charge in [0, 0.05) is 12.2 Å². The molecule has 1 radical (unpaired) electrons. The fraction of sp³-hybridized carbons (Fsp3) is 0.353. The molecule has 1 aromatic heterocycles. The van der Waals surface area contributed by atoms with Gasteiger partial charge in [-0.3, -0.25) is 0 Å². The van der Waals surface area contributed by atoms with Crippen LogP contribution in [-0.4, -0.2) is 21.7 Å². The minimum absolute atomic E-state index is 0.0381. The van der Waals surface area contributed by atoms with E-state index < -0.39 is 0 Å². The van der Waals surface area contributed by atoms with Gasteiger partial charge in [-0.25, -0.2) is 4.98 Å². The van der Waals surface area contributed by atoms with E-state index in [4.69, 9.17) is 0 Å². The van der Waals surface area contributed by atoms with E-state index in [2.05, 4.69) is 11.1 Å². The summed E-state index contributed by atoms with van der Waals surface area (Å²) >= 11 is 0. The molecule has 0 spiro atoms. The molecule has 1 aliphatic carbocycles. The third-order valence-corrected chi connectivity index (χ3v) is 3.80. The first-order chi connectivity index (χ1) is 10.2. The second kappa shape index (κ2) is 5.64. The largest absolute Gasteiger partial charge is 0.505 e. The number of hydrogen-bond acceptors (Lipinski definition) is 4. The highest BCUT2D eigenvalue weighted by Gasteiger charge is 2.27. The summed E-state index contributed by atoms with van der Waals surface area (Å²) in [6.45, 7) is 2.73. The summed E-state index contributed by atoms with van der Waals surface area (Å²) in [6, 6.07) is 12.4. The molecule has 0 bridgehead atoms. The van der Waals surface area contributed by atoms with E-state index >= 15 is 0 Å². The van der Waals surface area contributed by atoms with Crippen molar-refractivity contribution >= 4 is 11.4 Å². The van der Waals surface area contributed by atoms with Crippen molar-refractivity contribution in [2.75, 3.05) is 11.4 Å². The zero-order valence-electron chi connectivity index (χ0n) is 12.1. The molecule has 4 heteroatoms. The van der Waals surface area contributed by atoms with Crippen LogP contribution in [0.5, 0.6) is 11.6 Å². The molecule has 0 atom stereocenters. The molecule has 1 saturated carbocycles. The minimum Gasteiger partial charge on any atom is -0.505 e. The maximum atomic E-state index is 10.3. The van der Waals surface area contributed by atoms with Gasteiger partial charge in [0.05, 0.1) is 11.8 Å². The summed E-state index contributed by atoms with van der Waals surface area (Å²) in [5.41, 5.74) is 2.40. The highest BCUT2D eigenvalue weighted by Crippen LogP contribution is 2.41. The van der Waals surface area contributed by atoms with Crippen LogP contribution in [0.3, 0.4) is 0 Å². The molecule has 4 nitrogen and oxygen atoms in total. The van der Waals surface area contributed by atoms with E-state index in [1.807, 2.05) is 42.2 Å². The lowest BCUT2D eigenvalue weighted by molar-refractivity contribution is 0.430. The average molecular weight is 283 g/mol. The number of anilines is 2. The predicted octanol–water partition coefficient (Wildman–Crippen LogP) is 3.40. The summed E-state index contributed by atoms with van der Waals surface area (Å²) < 4.78 is 0. The van der Waals surface area contributed by atoms with Crippen LogP contribution in [0, 0.1) is 12.0 Å². The van der Waals surface area contributed by atoms with Gasteiger partial charge < -0.3 is 15.1 Å². The number of hydrogen-bond donors (Lipinski definition) is 2. The lowest BCUT2D eigenvalue weighted by atomic mass is 10.1. The fourth-order valence-electron chi connectivity index (χ4n) is 2.61. The highest BCUT2D eigenvalue weighted by atomic mass is 16.3. The van der Waals surface area contributed by atoms with Gasteiger partial charge in [-0.1, -0.05) is 18.2 Å². The number of aromatic hydroxyl groups is 2. The van der Waals surface area contributed by atoms with Crippen LogP contribution in [0.25, 0.3) is 0 Å². The summed E-state index contributed by atoms with van der Waals surface area (Å²) in [5, 5.41) is 19.9. The van der Waals surface area contributed by atoms with Crippen molar-refractivity contribution in [2.45, 2.75) is 26.2 Å². The minimum atomic E-state index is -0.240. The van der Waals surface area contributed by atoms with Crippen LogP contribution in [0.15, 0.2) is 30.3 Å². The maximum absolute atomic E-state index is 10.3. The molecular weight excluding hydrogens is 264 g/mol. The number of benzene rings is 1. The first-order valence-corrected chi connectivity index (χ1v) is 7.35. The molecule has 0 unspecified atom stereocenters. The lowest BCUT2D eigenvalue weighted by Crippen LogP contribution is -2.18. The normalized spacial score (nSPS) is 14.1. The van der Waals surface area contributed by atoms with Gasteiger partial charge in [-0.2, -0.15) is 0 Å². The van der Waals surface area contributed by atoms with E-state index in [1.54, 1.807) is 0 Å². The van der Waals surface area contributed by atoms with Crippen molar-refractivity contribution in [2.24, 2.45) is 5.92 Å². The van der Waals surface area contributed by atoms with Gasteiger partial charge >= 0.3 is 0 Å². The van der Waals surface area contributed by atoms with Crippen LogP contribution in [0.2, 0.25) is 0 Å². The van der Waals surface area contributed by atoms with E-state index in [0.717, 1.165) is 17.8 Å². The number of aromatic nitrogens is 1. The van der Waals surface area contributed by atoms with Crippen LogP contribution in [-0.2, 0) is 6.42 Å². The van der Waals surface area contributed by atoms with Crippen LogP contribution >= 0.6 is 0 Å². The molecule has 1 fully saturated rings. The third-order valence-electron chi connectivity index (χ3n) is 3.80. The fourth-order valence-corrected chi connectivity index (χ4v) is 2.61. The first-order valence-electron chi connectivity index (χ1n) is 7.35. The lowest BCUT2D eigenvalue weighted by Gasteiger charge is -2.26. The zero-order chi connectivity index (χ0) is 14.8. The monoisotopic (exact) mass is 283 g/mol. The standard InChI is InChI=1S/C17H19N2O2/c1-2-19(13-6-4-3-5-7-13)17-14(10-12-8-9-12)18-16(21)11-15(17)20/h3-7,12H,2,8-10H2,1H3,(H2,18,20,21). The van der Waals surface area contributed by atoms with E-state index in [9.17, 15) is 10.2 Å². The molecule has 0 aliphatic heterocycles. The highest BCUT2D eigenvalue weighted by molar-refractivity contribution is 5.71. The van der Waals surface area contributed by atoms with Crippen LogP contribution < -0.4 is 4.90 Å². The van der Waals surface area contributed by atoms with Gasteiger partial charge in [0.25, 0.3) is 0 Å². The Labute approximate surface area is 124 Å². The molecule has 2 N–H and O–H groups in total. The zero-order valence-corrected chi connectivity index (χ0v) is 12.1. The summed E-state index contributed by atoms with van der Waals surface area (Å²) in [6.07, 6.45) is 3.17. The molecular formula is C17H19N2O2. The predicted molar refractivity (Wildman–Crippen MR) is 82.0 cm³/mol. The van der Waals surface area contributed by atoms with Gasteiger partial charge in [0.1, 0.15) is 5.69 Å². The quantitative estimate of drug-likeness (QED) is 0.883. The summed E-state index contributed by atoms with van der Waals surface area (Å²) in [7, 11) is 0. The first kappa shape index (κ1) is 13.7. The SMILES string of the molecule is CCN(c1ccccc1)c1c(O)[c]c(O)nc1CC1CC1. The molecule has 1 aromatic carbocycles. The van der Waals surface area contributed by atoms with Crippen molar-refractivity contribution in [3.63, 3.8) is 0 Å². The van der Waals surface area contributed by atoms with Crippen molar-refractivity contribution in [3.05, 3.63) is 42.1 Å². The van der Waals surface area contributed by atoms with Gasteiger partial charge in [0.2, 0.25) is 5.88 Å². The number of pyridine rings is 1. The molecule has 109 valence electrons. The Morgan fingerprint density at radius 1 is 1.24 bits per heavy atom. The van der Waals surface area contributed by atoms with Crippen molar-refractivity contribution < 1.29 is 10.2 Å². The molecule has 0 saturated heterocycles. The van der Waals surface area contributed by atoms with Gasteiger partial charge in [-0.05, 0) is 44.2 Å². The molecule has 0 amide bonds. The second-order valence-electron chi connectivity index (χ2n) is 5.43.